The van der Waals surface area contributed by atoms with Crippen molar-refractivity contribution in [2.45, 2.75) is 38.7 Å². The first-order chi connectivity index (χ1) is 13.6. The fraction of sp³-hybridized carbons (Fsp3) is 0.300. The van der Waals surface area contributed by atoms with Crippen molar-refractivity contribution < 1.29 is 28.6 Å². The van der Waals surface area contributed by atoms with Crippen LogP contribution in [-0.2, 0) is 43.6 Å². The Morgan fingerprint density at radius 3 is 2.50 bits per heavy atom. The molecule has 1 amide bonds. The predicted octanol–water partition coefficient (Wildman–Crippen LogP) is 2.26. The van der Waals surface area contributed by atoms with Gasteiger partial charge in [0.1, 0.15) is 25.9 Å². The summed E-state index contributed by atoms with van der Waals surface area (Å²) in [5.41, 5.74) is 1.91. The van der Waals surface area contributed by atoms with Crippen LogP contribution in [0.1, 0.15) is 29.8 Å². The first kappa shape index (κ1) is 19.3. The minimum Gasteiger partial charge on any atom is -0.459 e. The molecule has 1 atom stereocenters. The number of aromatic nitrogens is 1. The first-order valence-electron chi connectivity index (χ1n) is 8.84. The van der Waals surface area contributed by atoms with E-state index in [2.05, 4.69) is 10.3 Å². The Balaban J connectivity index is 1.61. The lowest BCUT2D eigenvalue weighted by Gasteiger charge is -2.18. The summed E-state index contributed by atoms with van der Waals surface area (Å²) >= 11 is 0. The molecule has 0 fully saturated rings. The lowest BCUT2D eigenvalue weighted by atomic mass is 10.1. The van der Waals surface area contributed by atoms with Gasteiger partial charge < -0.3 is 19.5 Å². The number of carbonyl (C=O) groups excluding carboxylic acids is 3. The van der Waals surface area contributed by atoms with Gasteiger partial charge in [0.15, 0.2) is 0 Å². The largest absolute Gasteiger partial charge is 0.459 e. The molecule has 1 aromatic heterocycles. The molecule has 8 nitrogen and oxygen atoms in total. The molecule has 2 bridgehead atoms. The Bertz CT molecular complexity index is 840. The van der Waals surface area contributed by atoms with Gasteiger partial charge in [-0.25, -0.2) is 9.59 Å². The van der Waals surface area contributed by atoms with E-state index in [9.17, 15) is 14.4 Å². The van der Waals surface area contributed by atoms with E-state index in [4.69, 9.17) is 14.2 Å². The zero-order valence-electron chi connectivity index (χ0n) is 15.1. The van der Waals surface area contributed by atoms with Crippen LogP contribution < -0.4 is 5.32 Å². The summed E-state index contributed by atoms with van der Waals surface area (Å²) < 4.78 is 15.5. The van der Waals surface area contributed by atoms with Crippen molar-refractivity contribution in [3.8, 4) is 0 Å². The average Bonchev–Trinajstić information content (AvgIpc) is 2.72. The second-order valence-corrected chi connectivity index (χ2v) is 6.19. The number of amides is 1. The third kappa shape index (κ3) is 5.80. The molecule has 1 aromatic carbocycles. The van der Waals surface area contributed by atoms with Crippen LogP contribution in [0.15, 0.2) is 48.5 Å². The highest BCUT2D eigenvalue weighted by atomic mass is 16.6. The molecule has 0 saturated heterocycles. The zero-order chi connectivity index (χ0) is 19.8. The molecule has 1 aliphatic heterocycles. The number of carbonyl (C=O) groups is 3. The number of ether oxygens (including phenoxy) is 3. The lowest BCUT2D eigenvalue weighted by Crippen LogP contribution is -2.42. The van der Waals surface area contributed by atoms with Crippen LogP contribution in [-0.4, -0.2) is 29.1 Å². The zero-order valence-corrected chi connectivity index (χ0v) is 15.1. The molecule has 1 unspecified atom stereocenters. The van der Waals surface area contributed by atoms with E-state index in [0.29, 0.717) is 11.4 Å². The Kier molecular flexibility index (Phi) is 6.56. The average molecular weight is 384 g/mol. The number of rotatable bonds is 3. The van der Waals surface area contributed by atoms with Crippen molar-refractivity contribution >= 4 is 18.0 Å². The molecule has 3 rings (SSSR count). The third-order valence-corrected chi connectivity index (χ3v) is 4.03. The van der Waals surface area contributed by atoms with Gasteiger partial charge in [0.05, 0.1) is 11.4 Å². The van der Waals surface area contributed by atoms with E-state index in [-0.39, 0.29) is 32.7 Å². The quantitative estimate of drug-likeness (QED) is 0.639. The number of nitrogens with one attached hydrogen (secondary N) is 1. The molecule has 28 heavy (non-hydrogen) atoms. The second kappa shape index (κ2) is 9.50. The van der Waals surface area contributed by atoms with Crippen LogP contribution in [0.2, 0.25) is 0 Å². The van der Waals surface area contributed by atoms with Crippen LogP contribution in [0.3, 0.4) is 0 Å². The molecule has 0 spiro atoms. The summed E-state index contributed by atoms with van der Waals surface area (Å²) in [7, 11) is 0. The number of cyclic esters (lactones) is 2. The van der Waals surface area contributed by atoms with Crippen molar-refractivity contribution in [2.75, 3.05) is 0 Å². The summed E-state index contributed by atoms with van der Waals surface area (Å²) in [5.74, 6) is -1.16. The van der Waals surface area contributed by atoms with Crippen molar-refractivity contribution in [3.63, 3.8) is 0 Å². The maximum atomic E-state index is 12.4. The molecule has 1 N–H and O–H groups in total. The Labute approximate surface area is 161 Å². The molecule has 8 heteroatoms. The van der Waals surface area contributed by atoms with Gasteiger partial charge in [-0.2, -0.15) is 0 Å². The van der Waals surface area contributed by atoms with Crippen LogP contribution >= 0.6 is 0 Å². The summed E-state index contributed by atoms with van der Waals surface area (Å²) in [6.07, 6.45) is -0.788. The van der Waals surface area contributed by atoms with Gasteiger partial charge in [-0.1, -0.05) is 36.4 Å². The standard InChI is InChI=1S/C20H20N2O6/c23-18-10-9-17(22-20(25)28-11-14-5-2-1-3-6-14)19(24)27-13-16-8-4-7-15(21-16)12-26-18/h1-8,17H,9-13H2,(H,22,25). The molecular formula is C20H20N2O6. The molecule has 1 aliphatic rings. The summed E-state index contributed by atoms with van der Waals surface area (Å²) in [6, 6.07) is 13.3. The minimum atomic E-state index is -1.03. The van der Waals surface area contributed by atoms with Crippen molar-refractivity contribution in [3.05, 3.63) is 65.5 Å². The maximum Gasteiger partial charge on any atom is 0.408 e. The highest BCUT2D eigenvalue weighted by Gasteiger charge is 2.25. The topological polar surface area (TPSA) is 104 Å². The molecular weight excluding hydrogens is 364 g/mol. The number of nitrogens with zero attached hydrogens (tertiary/aromatic N) is 1. The fourth-order valence-electron chi connectivity index (χ4n) is 2.58. The molecule has 2 heterocycles. The van der Waals surface area contributed by atoms with Crippen molar-refractivity contribution in [2.24, 2.45) is 0 Å². The smallest absolute Gasteiger partial charge is 0.408 e. The number of pyridine rings is 1. The normalized spacial score (nSPS) is 17.4. The van der Waals surface area contributed by atoms with Gasteiger partial charge in [-0.05, 0) is 24.1 Å². The molecule has 2 aromatic rings. The molecule has 0 saturated carbocycles. The van der Waals surface area contributed by atoms with Crippen molar-refractivity contribution in [1.82, 2.24) is 10.3 Å². The highest BCUT2D eigenvalue weighted by Crippen LogP contribution is 2.10. The Morgan fingerprint density at radius 2 is 1.75 bits per heavy atom. The van der Waals surface area contributed by atoms with Gasteiger partial charge in [0.2, 0.25) is 0 Å². The van der Waals surface area contributed by atoms with Gasteiger partial charge >= 0.3 is 18.0 Å². The molecule has 0 aliphatic carbocycles. The van der Waals surface area contributed by atoms with Gasteiger partial charge in [-0.3, -0.25) is 9.78 Å². The van der Waals surface area contributed by atoms with E-state index in [0.717, 1.165) is 5.56 Å². The number of hydrogen-bond acceptors (Lipinski definition) is 7. The Hall–Kier alpha value is -3.42. The highest BCUT2D eigenvalue weighted by molar-refractivity contribution is 5.82. The van der Waals surface area contributed by atoms with Crippen LogP contribution in [0.4, 0.5) is 4.79 Å². The number of fused-ring (bicyclic) bond motifs is 2. The monoisotopic (exact) mass is 384 g/mol. The van der Waals surface area contributed by atoms with Gasteiger partial charge in [-0.15, -0.1) is 0 Å². The first-order valence-corrected chi connectivity index (χ1v) is 8.84. The maximum absolute atomic E-state index is 12.4. The van der Waals surface area contributed by atoms with Crippen LogP contribution in [0.5, 0.6) is 0 Å². The van der Waals surface area contributed by atoms with E-state index >= 15 is 0 Å². The fourth-order valence-corrected chi connectivity index (χ4v) is 2.58. The summed E-state index contributed by atoms with van der Waals surface area (Å²) in [5, 5.41) is 2.45. The van der Waals surface area contributed by atoms with E-state index in [1.165, 1.54) is 0 Å². The number of hydrogen-bond donors (Lipinski definition) is 1. The summed E-state index contributed by atoms with van der Waals surface area (Å²) in [4.78, 5) is 40.6. The van der Waals surface area contributed by atoms with Gasteiger partial charge in [0.25, 0.3) is 0 Å². The number of alkyl carbamates (subject to hydrolysis) is 1. The van der Waals surface area contributed by atoms with E-state index in [1.54, 1.807) is 18.2 Å². The van der Waals surface area contributed by atoms with Crippen LogP contribution in [0.25, 0.3) is 0 Å². The van der Waals surface area contributed by atoms with Gasteiger partial charge in [0, 0.05) is 6.42 Å². The van der Waals surface area contributed by atoms with Crippen molar-refractivity contribution in [1.29, 1.82) is 0 Å². The third-order valence-electron chi connectivity index (χ3n) is 4.03. The SMILES string of the molecule is O=C1CCC(NC(=O)OCc2ccccc2)C(=O)OCc2cccc(n2)CO1. The lowest BCUT2D eigenvalue weighted by molar-refractivity contribution is -0.149. The summed E-state index contributed by atoms with van der Waals surface area (Å²) in [6.45, 7) is 0.0584. The second-order valence-electron chi connectivity index (χ2n) is 6.19. The van der Waals surface area contributed by atoms with E-state index < -0.39 is 24.1 Å². The molecule has 146 valence electrons. The molecule has 0 radical (unpaired) electrons. The van der Waals surface area contributed by atoms with Crippen LogP contribution in [0, 0.1) is 0 Å². The number of benzene rings is 1. The predicted molar refractivity (Wildman–Crippen MR) is 96.6 cm³/mol. The van der Waals surface area contributed by atoms with E-state index in [1.807, 2.05) is 30.3 Å². The minimum absolute atomic E-state index is 0.0395. The number of esters is 2. The Morgan fingerprint density at radius 1 is 1.04 bits per heavy atom.